The van der Waals surface area contributed by atoms with Gasteiger partial charge in [0.2, 0.25) is 0 Å². The zero-order valence-corrected chi connectivity index (χ0v) is 13.8. The van der Waals surface area contributed by atoms with Crippen molar-refractivity contribution < 1.29 is 35.0 Å². The molecule has 134 valence electrons. The molecule has 1 fully saturated rings. The lowest BCUT2D eigenvalue weighted by Crippen LogP contribution is -2.59. The lowest BCUT2D eigenvalue weighted by molar-refractivity contribution is -0.298. The number of rotatable bonds is 7. The molecule has 0 aromatic carbocycles. The molecule has 0 spiro atoms. The molecule has 1 heterocycles. The molecule has 1 saturated heterocycles. The van der Waals surface area contributed by atoms with Gasteiger partial charge in [-0.1, -0.05) is 17.7 Å². The fourth-order valence-electron chi connectivity index (χ4n) is 2.15. The van der Waals surface area contributed by atoms with Crippen LogP contribution in [0.2, 0.25) is 0 Å². The van der Waals surface area contributed by atoms with Crippen LogP contribution in [0.5, 0.6) is 0 Å². The van der Waals surface area contributed by atoms with E-state index in [1.807, 2.05) is 19.9 Å². The molecule has 1 rings (SSSR count). The average Bonchev–Trinajstić information content (AvgIpc) is 2.52. The van der Waals surface area contributed by atoms with Crippen molar-refractivity contribution in [2.75, 3.05) is 13.2 Å². The van der Waals surface area contributed by atoms with E-state index in [-0.39, 0.29) is 6.61 Å². The summed E-state index contributed by atoms with van der Waals surface area (Å²) in [5.41, 5.74) is 1.83. The topological polar surface area (TPSA) is 120 Å². The molecule has 23 heavy (non-hydrogen) atoms. The summed E-state index contributed by atoms with van der Waals surface area (Å²) < 4.78 is 10.6. The van der Waals surface area contributed by atoms with E-state index < -0.39 is 43.4 Å². The number of hydrogen-bond acceptors (Lipinski definition) is 7. The van der Waals surface area contributed by atoms with Gasteiger partial charge in [0.25, 0.3) is 0 Å². The van der Waals surface area contributed by atoms with Crippen LogP contribution < -0.4 is 0 Å². The van der Waals surface area contributed by atoms with Gasteiger partial charge >= 0.3 is 0 Å². The molecule has 0 saturated carbocycles. The predicted molar refractivity (Wildman–Crippen MR) is 83.5 cm³/mol. The summed E-state index contributed by atoms with van der Waals surface area (Å²) in [6.07, 6.45) is -2.97. The van der Waals surface area contributed by atoms with E-state index in [9.17, 15) is 20.4 Å². The molecular weight excluding hydrogens is 304 g/mol. The molecular formula is C16H28O7. The first-order valence-corrected chi connectivity index (χ1v) is 7.68. The number of ether oxygens (including phenoxy) is 2. The number of allylic oxidation sites excluding steroid dienone is 1. The van der Waals surface area contributed by atoms with E-state index in [2.05, 4.69) is 0 Å². The van der Waals surface area contributed by atoms with Crippen LogP contribution >= 0.6 is 0 Å². The van der Waals surface area contributed by atoms with E-state index >= 15 is 0 Å². The van der Waals surface area contributed by atoms with E-state index in [0.717, 1.165) is 5.57 Å². The maximum absolute atomic E-state index is 9.96. The Morgan fingerprint density at radius 3 is 2.30 bits per heavy atom. The second-order valence-corrected chi connectivity index (χ2v) is 6.01. The minimum Gasteiger partial charge on any atom is -0.394 e. The van der Waals surface area contributed by atoms with Gasteiger partial charge in [0, 0.05) is 0 Å². The van der Waals surface area contributed by atoms with Gasteiger partial charge in [0.1, 0.15) is 24.4 Å². The standard InChI is InChI=1S/C16H28O7/c1-9(2)4-5-11(18)10(3)6-7-22-16-15(21)14(20)13(19)12(8-17)23-16/h4,6,11-21H,5,7-8H2,1-3H3/b10-6+/t11-,12+,13+,14-,15+,16+/m1/s1. The van der Waals surface area contributed by atoms with Gasteiger partial charge in [0.15, 0.2) is 6.29 Å². The maximum Gasteiger partial charge on any atom is 0.187 e. The quantitative estimate of drug-likeness (QED) is 0.397. The molecule has 0 amide bonds. The smallest absolute Gasteiger partial charge is 0.187 e. The van der Waals surface area contributed by atoms with Crippen molar-refractivity contribution in [2.24, 2.45) is 0 Å². The van der Waals surface area contributed by atoms with E-state index in [1.165, 1.54) is 0 Å². The lowest BCUT2D eigenvalue weighted by Gasteiger charge is -2.39. The van der Waals surface area contributed by atoms with Crippen LogP contribution in [0.4, 0.5) is 0 Å². The Labute approximate surface area is 136 Å². The summed E-state index contributed by atoms with van der Waals surface area (Å²) in [6, 6.07) is 0. The highest BCUT2D eigenvalue weighted by Crippen LogP contribution is 2.22. The zero-order valence-electron chi connectivity index (χ0n) is 13.8. The first-order valence-electron chi connectivity index (χ1n) is 7.68. The maximum atomic E-state index is 9.96. The predicted octanol–water partition coefficient (Wildman–Crippen LogP) is -0.534. The van der Waals surface area contributed by atoms with Gasteiger partial charge in [-0.05, 0) is 32.8 Å². The first-order chi connectivity index (χ1) is 10.8. The lowest BCUT2D eigenvalue weighted by atomic mass is 9.99. The second-order valence-electron chi connectivity index (χ2n) is 6.01. The SMILES string of the molecule is CC(C)=CC[C@@H](O)/C(C)=C/CO[C@H]1O[C@@H](CO)[C@H](O)[C@@H](O)[C@@H]1O. The van der Waals surface area contributed by atoms with Crippen LogP contribution in [0.3, 0.4) is 0 Å². The Hall–Kier alpha value is -0.800. The minimum absolute atomic E-state index is 0.0560. The largest absolute Gasteiger partial charge is 0.394 e. The summed E-state index contributed by atoms with van der Waals surface area (Å²) in [4.78, 5) is 0. The number of aliphatic hydroxyl groups is 5. The molecule has 6 atom stereocenters. The highest BCUT2D eigenvalue weighted by Gasteiger charge is 2.43. The number of hydrogen-bond donors (Lipinski definition) is 5. The Morgan fingerprint density at radius 1 is 1.09 bits per heavy atom. The normalized spacial score (nSPS) is 33.4. The third kappa shape index (κ3) is 5.96. The Morgan fingerprint density at radius 2 is 1.74 bits per heavy atom. The molecule has 0 aromatic heterocycles. The van der Waals surface area contributed by atoms with Crippen molar-refractivity contribution in [3.8, 4) is 0 Å². The Kier molecular flexibility index (Phi) is 8.35. The van der Waals surface area contributed by atoms with Crippen molar-refractivity contribution in [3.05, 3.63) is 23.3 Å². The first kappa shape index (κ1) is 20.2. The fourth-order valence-corrected chi connectivity index (χ4v) is 2.15. The summed E-state index contributed by atoms with van der Waals surface area (Å²) in [5.74, 6) is 0. The van der Waals surface area contributed by atoms with Gasteiger partial charge in [-0.25, -0.2) is 0 Å². The number of aliphatic hydroxyl groups excluding tert-OH is 5. The van der Waals surface area contributed by atoms with Crippen molar-refractivity contribution in [2.45, 2.75) is 64.0 Å². The van der Waals surface area contributed by atoms with E-state index in [0.29, 0.717) is 12.0 Å². The fraction of sp³-hybridized carbons (Fsp3) is 0.750. The second kappa shape index (κ2) is 9.48. The molecule has 1 aliphatic rings. The highest BCUT2D eigenvalue weighted by atomic mass is 16.7. The summed E-state index contributed by atoms with van der Waals surface area (Å²) in [5, 5.41) is 48.2. The van der Waals surface area contributed by atoms with Crippen molar-refractivity contribution >= 4 is 0 Å². The minimum atomic E-state index is -1.46. The van der Waals surface area contributed by atoms with E-state index in [4.69, 9.17) is 14.6 Å². The zero-order chi connectivity index (χ0) is 17.6. The monoisotopic (exact) mass is 332 g/mol. The molecule has 1 aliphatic heterocycles. The molecule has 0 unspecified atom stereocenters. The van der Waals surface area contributed by atoms with Crippen molar-refractivity contribution in [3.63, 3.8) is 0 Å². The molecule has 0 aromatic rings. The molecule has 0 radical (unpaired) electrons. The third-order valence-electron chi connectivity index (χ3n) is 3.79. The van der Waals surface area contributed by atoms with Gasteiger partial charge in [0.05, 0.1) is 19.3 Å². The van der Waals surface area contributed by atoms with Crippen molar-refractivity contribution in [1.29, 1.82) is 0 Å². The van der Waals surface area contributed by atoms with Crippen LogP contribution in [-0.2, 0) is 9.47 Å². The summed E-state index contributed by atoms with van der Waals surface area (Å²) >= 11 is 0. The van der Waals surface area contributed by atoms with E-state index in [1.54, 1.807) is 13.0 Å². The average molecular weight is 332 g/mol. The molecule has 7 heteroatoms. The van der Waals surface area contributed by atoms with Gasteiger partial charge in [-0.3, -0.25) is 0 Å². The molecule has 0 bridgehead atoms. The highest BCUT2D eigenvalue weighted by molar-refractivity contribution is 5.08. The molecule has 0 aliphatic carbocycles. The molecule has 5 N–H and O–H groups in total. The van der Waals surface area contributed by atoms with Gasteiger partial charge < -0.3 is 35.0 Å². The van der Waals surface area contributed by atoms with Crippen LogP contribution in [0.1, 0.15) is 27.2 Å². The Bertz CT molecular complexity index is 415. The van der Waals surface area contributed by atoms with Gasteiger partial charge in [-0.2, -0.15) is 0 Å². The van der Waals surface area contributed by atoms with Crippen molar-refractivity contribution in [1.82, 2.24) is 0 Å². The van der Waals surface area contributed by atoms with Crippen LogP contribution in [-0.4, -0.2) is 75.6 Å². The Balaban J connectivity index is 2.53. The van der Waals surface area contributed by atoms with Crippen LogP contribution in [0.15, 0.2) is 23.3 Å². The van der Waals surface area contributed by atoms with Crippen LogP contribution in [0.25, 0.3) is 0 Å². The summed E-state index contributed by atoms with van der Waals surface area (Å²) in [6.45, 7) is 5.23. The van der Waals surface area contributed by atoms with Crippen LogP contribution in [0, 0.1) is 0 Å². The van der Waals surface area contributed by atoms with Gasteiger partial charge in [-0.15, -0.1) is 0 Å². The molecule has 7 nitrogen and oxygen atoms in total. The third-order valence-corrected chi connectivity index (χ3v) is 3.79. The summed E-state index contributed by atoms with van der Waals surface area (Å²) in [7, 11) is 0.